The zero-order valence-electron chi connectivity index (χ0n) is 6.62. The number of ether oxygens (including phenoxy) is 1. The van der Waals surface area contributed by atoms with E-state index in [4.69, 9.17) is 0 Å². The third-order valence-electron chi connectivity index (χ3n) is 1.29. The third-order valence-corrected chi connectivity index (χ3v) is 1.29. The van der Waals surface area contributed by atoms with E-state index in [0.717, 1.165) is 0 Å². The normalized spacial score (nSPS) is 21.4. The monoisotopic (exact) mass is 174 g/mol. The molecule has 0 aromatic rings. The highest BCUT2D eigenvalue weighted by molar-refractivity contribution is 5.85. The summed E-state index contributed by atoms with van der Waals surface area (Å²) in [5.41, 5.74) is 2.14. The molecule has 0 aromatic carbocycles. The molecule has 0 spiro atoms. The molecule has 68 valence electrons. The molecule has 1 heterocycles. The van der Waals surface area contributed by atoms with Gasteiger partial charge in [0, 0.05) is 0 Å². The minimum absolute atomic E-state index is 0.192. The fraction of sp³-hybridized carbons (Fsp3) is 0.667. The first-order chi connectivity index (χ1) is 5.74. The van der Waals surface area contributed by atoms with Crippen LogP contribution in [0.25, 0.3) is 0 Å². The third kappa shape index (κ3) is 2.09. The molecule has 0 radical (unpaired) electrons. The molecule has 1 aliphatic heterocycles. The van der Waals surface area contributed by atoms with E-state index >= 15 is 0 Å². The topological polar surface area (TPSA) is 76.7 Å². The van der Waals surface area contributed by atoms with Crippen LogP contribution in [0.4, 0.5) is 4.79 Å². The maximum atomic E-state index is 11.0. The van der Waals surface area contributed by atoms with E-state index in [0.29, 0.717) is 6.61 Å². The van der Waals surface area contributed by atoms with Crippen molar-refractivity contribution >= 4 is 12.0 Å². The van der Waals surface area contributed by atoms with Gasteiger partial charge in [-0.2, -0.15) is 0 Å². The van der Waals surface area contributed by atoms with E-state index in [1.807, 2.05) is 0 Å². The molecule has 1 aliphatic rings. The summed E-state index contributed by atoms with van der Waals surface area (Å²) in [6.45, 7) is 2.30. The highest BCUT2D eigenvalue weighted by atomic mass is 16.7. The van der Waals surface area contributed by atoms with Crippen molar-refractivity contribution in [2.45, 2.75) is 13.0 Å². The highest BCUT2D eigenvalue weighted by Crippen LogP contribution is 1.99. The molecule has 0 bridgehead atoms. The second kappa shape index (κ2) is 3.91. The van der Waals surface area contributed by atoms with Gasteiger partial charge in [-0.3, -0.25) is 9.63 Å². The first-order valence-corrected chi connectivity index (χ1v) is 3.60. The van der Waals surface area contributed by atoms with Crippen LogP contribution in [0.1, 0.15) is 6.92 Å². The van der Waals surface area contributed by atoms with E-state index in [2.05, 4.69) is 20.4 Å². The summed E-state index contributed by atoms with van der Waals surface area (Å²) < 4.78 is 4.58. The quantitative estimate of drug-likeness (QED) is 0.547. The number of hydrogen-bond donors (Lipinski definition) is 2. The average Bonchev–Trinajstić information content (AvgIpc) is 2.47. The maximum absolute atomic E-state index is 11.0. The van der Waals surface area contributed by atoms with Crippen molar-refractivity contribution in [2.75, 3.05) is 13.2 Å². The van der Waals surface area contributed by atoms with Crippen LogP contribution in [0.15, 0.2) is 0 Å². The Hall–Kier alpha value is -1.30. The van der Waals surface area contributed by atoms with Gasteiger partial charge in [-0.15, -0.1) is 0 Å². The minimum Gasteiger partial charge on any atom is -0.434 e. The van der Waals surface area contributed by atoms with E-state index in [1.54, 1.807) is 6.92 Å². The van der Waals surface area contributed by atoms with Crippen molar-refractivity contribution in [1.82, 2.24) is 10.8 Å². The zero-order chi connectivity index (χ0) is 8.97. The predicted octanol–water partition coefficient (Wildman–Crippen LogP) is -0.837. The van der Waals surface area contributed by atoms with Crippen molar-refractivity contribution in [1.29, 1.82) is 0 Å². The number of nitrogens with one attached hydrogen (secondary N) is 2. The molecule has 2 N–H and O–H groups in total. The molecule has 6 nitrogen and oxygen atoms in total. The average molecular weight is 174 g/mol. The maximum Gasteiger partial charge on any atom is 0.408 e. The van der Waals surface area contributed by atoms with Crippen LogP contribution in [0.2, 0.25) is 0 Å². The molecule has 1 rings (SSSR count). The molecule has 0 aliphatic carbocycles. The molecule has 1 saturated heterocycles. The summed E-state index contributed by atoms with van der Waals surface area (Å²) >= 11 is 0. The Morgan fingerprint density at radius 1 is 1.92 bits per heavy atom. The number of hydrogen-bond acceptors (Lipinski definition) is 4. The SMILES string of the molecule is CCONC(=O)C1CNC(=O)O1. The van der Waals surface area contributed by atoms with E-state index < -0.39 is 18.1 Å². The number of rotatable bonds is 3. The summed E-state index contributed by atoms with van der Waals surface area (Å²) in [5, 5.41) is 2.35. The molecule has 1 unspecified atom stereocenters. The molecule has 12 heavy (non-hydrogen) atoms. The number of amides is 2. The molecular weight excluding hydrogens is 164 g/mol. The van der Waals surface area contributed by atoms with Gasteiger partial charge in [-0.25, -0.2) is 10.3 Å². The lowest BCUT2D eigenvalue weighted by atomic mass is 10.3. The molecule has 2 amide bonds. The van der Waals surface area contributed by atoms with Gasteiger partial charge in [-0.1, -0.05) is 0 Å². The summed E-state index contributed by atoms with van der Waals surface area (Å²) in [5.74, 6) is -0.449. The lowest BCUT2D eigenvalue weighted by molar-refractivity contribution is -0.140. The van der Waals surface area contributed by atoms with Crippen molar-refractivity contribution in [3.8, 4) is 0 Å². The predicted molar refractivity (Wildman–Crippen MR) is 38.0 cm³/mol. The zero-order valence-corrected chi connectivity index (χ0v) is 6.62. The number of carbonyl (C=O) groups is 2. The van der Waals surface area contributed by atoms with Gasteiger partial charge in [0.05, 0.1) is 13.2 Å². The number of carbonyl (C=O) groups excluding carboxylic acids is 2. The summed E-state index contributed by atoms with van der Waals surface area (Å²) in [7, 11) is 0. The fourth-order valence-corrected chi connectivity index (χ4v) is 0.744. The Bertz CT molecular complexity index is 194. The Labute approximate surface area is 69.2 Å². The van der Waals surface area contributed by atoms with Gasteiger partial charge in [-0.05, 0) is 6.92 Å². The first-order valence-electron chi connectivity index (χ1n) is 3.60. The first kappa shape index (κ1) is 8.79. The lowest BCUT2D eigenvalue weighted by Crippen LogP contribution is -2.36. The summed E-state index contributed by atoms with van der Waals surface area (Å²) in [6.07, 6.45) is -1.35. The molecule has 0 aromatic heterocycles. The number of hydroxylamine groups is 1. The minimum atomic E-state index is -0.774. The molecule has 1 fully saturated rings. The van der Waals surface area contributed by atoms with Crippen LogP contribution in [0.3, 0.4) is 0 Å². The smallest absolute Gasteiger partial charge is 0.408 e. The summed E-state index contributed by atoms with van der Waals surface area (Å²) in [6, 6.07) is 0. The molecular formula is C6H10N2O4. The van der Waals surface area contributed by atoms with Gasteiger partial charge in [0.25, 0.3) is 5.91 Å². The second-order valence-corrected chi connectivity index (χ2v) is 2.17. The van der Waals surface area contributed by atoms with Gasteiger partial charge in [0.1, 0.15) is 0 Å². The van der Waals surface area contributed by atoms with Crippen molar-refractivity contribution in [3.05, 3.63) is 0 Å². The van der Waals surface area contributed by atoms with Crippen molar-refractivity contribution in [3.63, 3.8) is 0 Å². The Balaban J connectivity index is 2.28. The van der Waals surface area contributed by atoms with Crippen LogP contribution in [0.5, 0.6) is 0 Å². The van der Waals surface area contributed by atoms with E-state index in [-0.39, 0.29) is 6.54 Å². The highest BCUT2D eigenvalue weighted by Gasteiger charge is 2.29. The Morgan fingerprint density at radius 3 is 3.17 bits per heavy atom. The Morgan fingerprint density at radius 2 is 2.67 bits per heavy atom. The Kier molecular flexibility index (Phi) is 2.87. The van der Waals surface area contributed by atoms with Gasteiger partial charge in [0.15, 0.2) is 0 Å². The molecule has 0 saturated carbocycles. The largest absolute Gasteiger partial charge is 0.434 e. The second-order valence-electron chi connectivity index (χ2n) is 2.17. The van der Waals surface area contributed by atoms with Crippen LogP contribution in [-0.2, 0) is 14.4 Å². The standard InChI is InChI=1S/C6H10N2O4/c1-2-11-8-5(9)4-3-7-6(10)12-4/h4H,2-3H2,1H3,(H,7,10)(H,8,9). The van der Waals surface area contributed by atoms with Crippen LogP contribution < -0.4 is 10.8 Å². The summed E-state index contributed by atoms with van der Waals surface area (Å²) in [4.78, 5) is 26.1. The fourth-order valence-electron chi connectivity index (χ4n) is 0.744. The van der Waals surface area contributed by atoms with Gasteiger partial charge >= 0.3 is 6.09 Å². The number of alkyl carbamates (subject to hydrolysis) is 1. The molecule has 6 heteroatoms. The van der Waals surface area contributed by atoms with Crippen LogP contribution in [0, 0.1) is 0 Å². The van der Waals surface area contributed by atoms with Crippen molar-refractivity contribution < 1.29 is 19.2 Å². The van der Waals surface area contributed by atoms with Crippen molar-refractivity contribution in [2.24, 2.45) is 0 Å². The molecule has 1 atom stereocenters. The number of cyclic esters (lactones) is 1. The van der Waals surface area contributed by atoms with E-state index in [1.165, 1.54) is 0 Å². The van der Waals surface area contributed by atoms with Gasteiger partial charge in [0.2, 0.25) is 6.10 Å². The van der Waals surface area contributed by atoms with Crippen LogP contribution >= 0.6 is 0 Å². The lowest BCUT2D eigenvalue weighted by Gasteiger charge is -2.07. The van der Waals surface area contributed by atoms with Gasteiger partial charge < -0.3 is 10.1 Å². The van der Waals surface area contributed by atoms with Crippen LogP contribution in [-0.4, -0.2) is 31.3 Å². The van der Waals surface area contributed by atoms with E-state index in [9.17, 15) is 9.59 Å².